The Balaban J connectivity index is 1.77. The lowest BCUT2D eigenvalue weighted by Crippen LogP contribution is -2.33. The molecule has 1 heterocycles. The van der Waals surface area contributed by atoms with E-state index in [1.165, 1.54) is 5.56 Å². The van der Waals surface area contributed by atoms with Crippen LogP contribution in [0.5, 0.6) is 11.5 Å². The highest BCUT2D eigenvalue weighted by molar-refractivity contribution is 5.98. The molecule has 0 radical (unpaired) electrons. The second-order valence-corrected chi connectivity index (χ2v) is 13.4. The summed E-state index contributed by atoms with van der Waals surface area (Å²) < 4.78 is 11.0. The number of aryl methyl sites for hydroxylation is 3. The van der Waals surface area contributed by atoms with Crippen molar-refractivity contribution < 1.29 is 19.4 Å². The average Bonchev–Trinajstić information content (AvgIpc) is 3.01. The standard InChI is InChI=1S/C39H46N2O4/c1-23-13-15-26(16-14-23)33-24(2)35-29-11-9-10-12-30(29)37(40-22-27-17-18-28(44-7)21-32(27)45-8)41-36(35)25(3)34(33)31(38(42)43)19-20-39(4,5)6/h11-18,21,31H,9-10,19-20,22H2,1-8H3,(H,40,41)(H,42,43)/t31-/m0/s1. The van der Waals surface area contributed by atoms with E-state index in [2.05, 4.69) is 83.3 Å². The summed E-state index contributed by atoms with van der Waals surface area (Å²) in [5.41, 5.74) is 7.98. The maximum atomic E-state index is 13.1. The SMILES string of the molecule is COc1ccc(CNc2nc3c(C)c([C@H](CCC(C)(C)C)C(=O)O)c(-c4ccc(C)cc4)c(C)c3c3c2=CCCC=3)c(OC)c1. The van der Waals surface area contributed by atoms with Gasteiger partial charge in [-0.05, 0) is 97.0 Å². The van der Waals surface area contributed by atoms with Gasteiger partial charge in [0.2, 0.25) is 0 Å². The van der Waals surface area contributed by atoms with E-state index in [1.54, 1.807) is 14.2 Å². The fourth-order valence-electron chi connectivity index (χ4n) is 6.59. The van der Waals surface area contributed by atoms with Gasteiger partial charge in [0.05, 0.1) is 25.7 Å². The van der Waals surface area contributed by atoms with Gasteiger partial charge in [0, 0.05) is 28.8 Å². The van der Waals surface area contributed by atoms with Crippen molar-refractivity contribution in [2.75, 3.05) is 19.5 Å². The van der Waals surface area contributed by atoms with Crippen molar-refractivity contribution in [3.8, 4) is 22.6 Å². The molecule has 1 aromatic heterocycles. The van der Waals surface area contributed by atoms with E-state index in [1.807, 2.05) is 18.2 Å². The van der Waals surface area contributed by atoms with E-state index >= 15 is 0 Å². The Kier molecular flexibility index (Phi) is 9.24. The van der Waals surface area contributed by atoms with Gasteiger partial charge in [-0.15, -0.1) is 0 Å². The topological polar surface area (TPSA) is 80.7 Å². The first-order valence-corrected chi connectivity index (χ1v) is 15.8. The van der Waals surface area contributed by atoms with E-state index in [4.69, 9.17) is 14.5 Å². The molecule has 0 amide bonds. The molecular formula is C39H46N2O4. The number of aliphatic carboxylic acids is 1. The van der Waals surface area contributed by atoms with Crippen LogP contribution in [0, 0.1) is 26.2 Å². The average molecular weight is 607 g/mol. The van der Waals surface area contributed by atoms with Crippen LogP contribution in [0.4, 0.5) is 5.82 Å². The fourth-order valence-corrected chi connectivity index (χ4v) is 6.59. The number of hydrogen-bond donors (Lipinski definition) is 2. The molecule has 1 aliphatic carbocycles. The maximum Gasteiger partial charge on any atom is 0.311 e. The summed E-state index contributed by atoms with van der Waals surface area (Å²) in [4.78, 5) is 18.3. The number of carboxylic acid groups (broad SMARTS) is 1. The molecule has 0 saturated heterocycles. The van der Waals surface area contributed by atoms with Gasteiger partial charge in [0.25, 0.3) is 0 Å². The zero-order chi connectivity index (χ0) is 32.5. The van der Waals surface area contributed by atoms with Crippen molar-refractivity contribution in [2.24, 2.45) is 5.41 Å². The molecule has 0 saturated carbocycles. The minimum Gasteiger partial charge on any atom is -0.497 e. The van der Waals surface area contributed by atoms with Crippen LogP contribution >= 0.6 is 0 Å². The number of pyridine rings is 1. The van der Waals surface area contributed by atoms with Crippen LogP contribution in [0.1, 0.15) is 80.2 Å². The van der Waals surface area contributed by atoms with Crippen LogP contribution in [-0.2, 0) is 11.3 Å². The number of aromatic nitrogens is 1. The Morgan fingerprint density at radius 1 is 0.956 bits per heavy atom. The van der Waals surface area contributed by atoms with Crippen LogP contribution in [0.3, 0.4) is 0 Å². The number of ether oxygens (including phenoxy) is 2. The Morgan fingerprint density at radius 3 is 2.27 bits per heavy atom. The van der Waals surface area contributed by atoms with E-state index in [-0.39, 0.29) is 5.41 Å². The van der Waals surface area contributed by atoms with Gasteiger partial charge < -0.3 is 19.9 Å². The number of benzene rings is 3. The Morgan fingerprint density at radius 2 is 1.64 bits per heavy atom. The summed E-state index contributed by atoms with van der Waals surface area (Å²) in [6, 6.07) is 14.3. The summed E-state index contributed by atoms with van der Waals surface area (Å²) in [5.74, 6) is 0.827. The van der Waals surface area contributed by atoms with Gasteiger partial charge in [0.1, 0.15) is 17.3 Å². The van der Waals surface area contributed by atoms with Crippen LogP contribution in [0.25, 0.3) is 34.2 Å². The number of nitrogens with one attached hydrogen (secondary N) is 1. The maximum absolute atomic E-state index is 13.1. The predicted octanol–water partition coefficient (Wildman–Crippen LogP) is 7.81. The molecule has 3 aromatic carbocycles. The lowest BCUT2D eigenvalue weighted by atomic mass is 9.77. The van der Waals surface area contributed by atoms with E-state index in [9.17, 15) is 9.90 Å². The van der Waals surface area contributed by atoms with Gasteiger partial charge in [-0.1, -0.05) is 62.8 Å². The fraction of sp³-hybridized carbons (Fsp3) is 0.385. The zero-order valence-electron chi connectivity index (χ0n) is 27.9. The van der Waals surface area contributed by atoms with Crippen molar-refractivity contribution in [1.29, 1.82) is 0 Å². The minimum absolute atomic E-state index is 0.0131. The molecule has 0 fully saturated rings. The molecule has 4 aromatic rings. The van der Waals surface area contributed by atoms with E-state index < -0.39 is 11.9 Å². The molecule has 236 valence electrons. The number of hydrogen-bond acceptors (Lipinski definition) is 5. The van der Waals surface area contributed by atoms with Crippen molar-refractivity contribution in [3.63, 3.8) is 0 Å². The van der Waals surface area contributed by atoms with Gasteiger partial charge in [-0.3, -0.25) is 4.79 Å². The van der Waals surface area contributed by atoms with Crippen LogP contribution in [-0.4, -0.2) is 30.3 Å². The third-order valence-electron chi connectivity index (χ3n) is 9.03. The number of methoxy groups -OCH3 is 2. The Bertz CT molecular complexity index is 1870. The Hall–Kier alpha value is -4.32. The monoisotopic (exact) mass is 606 g/mol. The third-order valence-corrected chi connectivity index (χ3v) is 9.03. The first-order chi connectivity index (χ1) is 21.4. The second kappa shape index (κ2) is 13.0. The smallest absolute Gasteiger partial charge is 0.311 e. The van der Waals surface area contributed by atoms with Crippen molar-refractivity contribution in [1.82, 2.24) is 4.98 Å². The van der Waals surface area contributed by atoms with Crippen LogP contribution in [0.2, 0.25) is 0 Å². The third kappa shape index (κ3) is 6.56. The largest absolute Gasteiger partial charge is 0.497 e. The molecule has 5 rings (SSSR count). The molecule has 6 heteroatoms. The van der Waals surface area contributed by atoms with Gasteiger partial charge >= 0.3 is 5.97 Å². The highest BCUT2D eigenvalue weighted by Crippen LogP contribution is 2.42. The van der Waals surface area contributed by atoms with Crippen LogP contribution < -0.4 is 25.2 Å². The molecule has 2 N–H and O–H groups in total. The number of rotatable bonds is 10. The zero-order valence-corrected chi connectivity index (χ0v) is 27.9. The van der Waals surface area contributed by atoms with Crippen molar-refractivity contribution >= 4 is 34.8 Å². The van der Waals surface area contributed by atoms with Crippen molar-refractivity contribution in [2.45, 2.75) is 79.7 Å². The summed E-state index contributed by atoms with van der Waals surface area (Å²) in [6.07, 6.45) is 7.82. The van der Waals surface area contributed by atoms with Gasteiger partial charge in [-0.2, -0.15) is 0 Å². The summed E-state index contributed by atoms with van der Waals surface area (Å²) in [5, 5.41) is 17.7. The summed E-state index contributed by atoms with van der Waals surface area (Å²) in [6.45, 7) is 13.3. The van der Waals surface area contributed by atoms with E-state index in [0.29, 0.717) is 13.0 Å². The van der Waals surface area contributed by atoms with Gasteiger partial charge in [0.15, 0.2) is 0 Å². The molecular weight excluding hydrogens is 560 g/mol. The number of anilines is 1. The van der Waals surface area contributed by atoms with Gasteiger partial charge in [-0.25, -0.2) is 4.98 Å². The number of carboxylic acids is 1. The molecule has 6 nitrogen and oxygen atoms in total. The number of nitrogens with zero attached hydrogens (tertiary/aromatic N) is 1. The highest BCUT2D eigenvalue weighted by Gasteiger charge is 2.30. The quantitative estimate of drug-likeness (QED) is 0.192. The number of carbonyl (C=O) groups is 1. The normalized spacial score (nSPS) is 13.4. The lowest BCUT2D eigenvalue weighted by Gasteiger charge is -2.27. The summed E-state index contributed by atoms with van der Waals surface area (Å²) in [7, 11) is 3.31. The van der Waals surface area contributed by atoms with Crippen LogP contribution in [0.15, 0.2) is 42.5 Å². The first-order valence-electron chi connectivity index (χ1n) is 15.8. The molecule has 1 atom stereocenters. The van der Waals surface area contributed by atoms with Crippen molar-refractivity contribution in [3.05, 3.63) is 80.7 Å². The minimum atomic E-state index is -0.794. The summed E-state index contributed by atoms with van der Waals surface area (Å²) >= 11 is 0. The highest BCUT2D eigenvalue weighted by atomic mass is 16.5. The Labute approximate surface area is 266 Å². The number of fused-ring (bicyclic) bond motifs is 3. The predicted molar refractivity (Wildman–Crippen MR) is 185 cm³/mol. The molecule has 0 spiro atoms. The molecule has 0 bridgehead atoms. The molecule has 1 aliphatic rings. The molecule has 0 unspecified atom stereocenters. The molecule has 45 heavy (non-hydrogen) atoms. The lowest BCUT2D eigenvalue weighted by molar-refractivity contribution is -0.139. The van der Waals surface area contributed by atoms with E-state index in [0.717, 1.165) is 91.3 Å². The molecule has 0 aliphatic heterocycles. The first kappa shape index (κ1) is 32.1. The second-order valence-electron chi connectivity index (χ2n) is 13.4.